The van der Waals surface area contributed by atoms with Crippen LogP contribution in [0.3, 0.4) is 0 Å². The zero-order chi connectivity index (χ0) is 13.8. The molecule has 0 aliphatic carbocycles. The van der Waals surface area contributed by atoms with Gasteiger partial charge in [-0.25, -0.2) is 4.98 Å². The van der Waals surface area contributed by atoms with E-state index in [1.807, 2.05) is 6.07 Å². The Hall–Kier alpha value is -2.07. The van der Waals surface area contributed by atoms with E-state index in [0.717, 1.165) is 0 Å². The molecule has 5 heteroatoms. The van der Waals surface area contributed by atoms with Gasteiger partial charge in [0.05, 0.1) is 5.56 Å². The van der Waals surface area contributed by atoms with Crippen LogP contribution >= 0.6 is 11.6 Å². The lowest BCUT2D eigenvalue weighted by atomic mass is 10.1. The summed E-state index contributed by atoms with van der Waals surface area (Å²) in [6.45, 7) is 0.302. The molecule has 0 aliphatic rings. The minimum atomic E-state index is -0.235. The van der Waals surface area contributed by atoms with Crippen molar-refractivity contribution in [2.75, 3.05) is 7.05 Å². The quantitative estimate of drug-likeness (QED) is 0.877. The monoisotopic (exact) mass is 276 g/mol. The van der Waals surface area contributed by atoms with Gasteiger partial charge in [0.15, 0.2) is 0 Å². The zero-order valence-corrected chi connectivity index (χ0v) is 11.1. The van der Waals surface area contributed by atoms with Crippen LogP contribution in [0.25, 0.3) is 0 Å². The first-order chi connectivity index (χ1) is 9.09. The fraction of sp³-hybridized carbons (Fsp3) is 0.143. The van der Waals surface area contributed by atoms with Crippen LogP contribution in [0.1, 0.15) is 15.9 Å². The number of phenolic OH excluding ortho intramolecular Hbond substituents is 1. The average Bonchev–Trinajstić information content (AvgIpc) is 2.41. The predicted octanol–water partition coefficient (Wildman–Crippen LogP) is 2.71. The van der Waals surface area contributed by atoms with Gasteiger partial charge in [-0.05, 0) is 18.2 Å². The largest absolute Gasteiger partial charge is 0.508 e. The summed E-state index contributed by atoms with van der Waals surface area (Å²) < 4.78 is 0. The Morgan fingerprint density at radius 1 is 1.32 bits per heavy atom. The van der Waals surface area contributed by atoms with E-state index in [2.05, 4.69) is 4.98 Å². The second-order valence-electron chi connectivity index (χ2n) is 4.13. The Balaban J connectivity index is 2.17. The molecule has 0 saturated heterocycles. The molecule has 0 bridgehead atoms. The summed E-state index contributed by atoms with van der Waals surface area (Å²) in [5.74, 6) is -0.0687. The topological polar surface area (TPSA) is 53.4 Å². The summed E-state index contributed by atoms with van der Waals surface area (Å²) in [5, 5.41) is 9.87. The molecule has 1 heterocycles. The Bertz CT molecular complexity index is 602. The molecule has 0 saturated carbocycles. The molecule has 2 aromatic rings. The molecule has 2 rings (SSSR count). The number of aromatic nitrogens is 1. The molecule has 0 spiro atoms. The number of para-hydroxylation sites is 1. The molecular formula is C14H13ClN2O2. The van der Waals surface area contributed by atoms with Gasteiger partial charge >= 0.3 is 0 Å². The van der Waals surface area contributed by atoms with Crippen LogP contribution in [-0.2, 0) is 6.54 Å². The molecule has 0 aliphatic heterocycles. The van der Waals surface area contributed by atoms with Crippen molar-refractivity contribution >= 4 is 17.5 Å². The minimum Gasteiger partial charge on any atom is -0.508 e. The van der Waals surface area contributed by atoms with Crippen molar-refractivity contribution in [2.45, 2.75) is 6.54 Å². The minimum absolute atomic E-state index is 0.166. The Morgan fingerprint density at radius 3 is 2.74 bits per heavy atom. The van der Waals surface area contributed by atoms with Crippen LogP contribution in [0.4, 0.5) is 0 Å². The fourth-order valence-corrected chi connectivity index (χ4v) is 1.92. The van der Waals surface area contributed by atoms with Crippen molar-refractivity contribution in [3.8, 4) is 5.75 Å². The second-order valence-corrected chi connectivity index (χ2v) is 4.49. The van der Waals surface area contributed by atoms with E-state index in [1.54, 1.807) is 37.4 Å². The van der Waals surface area contributed by atoms with Crippen molar-refractivity contribution in [3.63, 3.8) is 0 Å². The molecule has 0 atom stereocenters. The smallest absolute Gasteiger partial charge is 0.257 e. The van der Waals surface area contributed by atoms with Crippen molar-refractivity contribution < 1.29 is 9.90 Å². The van der Waals surface area contributed by atoms with Gasteiger partial charge in [0.2, 0.25) is 0 Å². The number of carbonyl (C=O) groups excluding carboxylic acids is 1. The van der Waals surface area contributed by atoms with Gasteiger partial charge in [0.25, 0.3) is 5.91 Å². The summed E-state index contributed by atoms with van der Waals surface area (Å²) in [7, 11) is 1.65. The summed E-state index contributed by atoms with van der Waals surface area (Å²) in [6.07, 6.45) is 1.53. The highest BCUT2D eigenvalue weighted by Gasteiger charge is 2.16. The zero-order valence-electron chi connectivity index (χ0n) is 10.4. The van der Waals surface area contributed by atoms with Crippen LogP contribution in [0, 0.1) is 0 Å². The normalized spacial score (nSPS) is 10.2. The third-order valence-electron chi connectivity index (χ3n) is 2.74. The van der Waals surface area contributed by atoms with E-state index >= 15 is 0 Å². The summed E-state index contributed by atoms with van der Waals surface area (Å²) in [5.41, 5.74) is 1.03. The van der Waals surface area contributed by atoms with E-state index in [0.29, 0.717) is 17.7 Å². The highest BCUT2D eigenvalue weighted by atomic mass is 35.5. The first-order valence-electron chi connectivity index (χ1n) is 5.72. The maximum Gasteiger partial charge on any atom is 0.257 e. The number of benzene rings is 1. The van der Waals surface area contributed by atoms with Gasteiger partial charge in [0, 0.05) is 25.4 Å². The summed E-state index contributed by atoms with van der Waals surface area (Å²) in [4.78, 5) is 17.6. The number of carbonyl (C=O) groups is 1. The van der Waals surface area contributed by atoms with Gasteiger partial charge in [0.1, 0.15) is 10.9 Å². The third-order valence-corrected chi connectivity index (χ3v) is 3.04. The number of halogens is 1. The van der Waals surface area contributed by atoms with E-state index in [1.165, 1.54) is 11.1 Å². The first-order valence-corrected chi connectivity index (χ1v) is 6.10. The second kappa shape index (κ2) is 5.71. The summed E-state index contributed by atoms with van der Waals surface area (Å²) >= 11 is 5.89. The molecule has 0 fully saturated rings. The van der Waals surface area contributed by atoms with Crippen LogP contribution in [-0.4, -0.2) is 27.9 Å². The highest BCUT2D eigenvalue weighted by molar-refractivity contribution is 6.32. The lowest BCUT2D eigenvalue weighted by Crippen LogP contribution is -2.26. The van der Waals surface area contributed by atoms with Gasteiger partial charge in [-0.3, -0.25) is 4.79 Å². The Morgan fingerprint density at radius 2 is 2.05 bits per heavy atom. The van der Waals surface area contributed by atoms with Crippen molar-refractivity contribution in [1.82, 2.24) is 9.88 Å². The molecule has 0 radical (unpaired) electrons. The van der Waals surface area contributed by atoms with Gasteiger partial charge in [-0.15, -0.1) is 0 Å². The predicted molar refractivity (Wildman–Crippen MR) is 73.2 cm³/mol. The van der Waals surface area contributed by atoms with Crippen LogP contribution < -0.4 is 0 Å². The molecule has 19 heavy (non-hydrogen) atoms. The molecule has 98 valence electrons. The fourth-order valence-electron chi connectivity index (χ4n) is 1.72. The molecule has 1 amide bonds. The number of hydrogen-bond acceptors (Lipinski definition) is 3. The van der Waals surface area contributed by atoms with E-state index in [4.69, 9.17) is 11.6 Å². The van der Waals surface area contributed by atoms with Gasteiger partial charge < -0.3 is 10.0 Å². The lowest BCUT2D eigenvalue weighted by molar-refractivity contribution is 0.0784. The first kappa shape index (κ1) is 13.4. The van der Waals surface area contributed by atoms with E-state index < -0.39 is 0 Å². The highest BCUT2D eigenvalue weighted by Crippen LogP contribution is 2.19. The molecule has 4 nitrogen and oxygen atoms in total. The van der Waals surface area contributed by atoms with Crippen molar-refractivity contribution in [3.05, 3.63) is 58.9 Å². The summed E-state index contributed by atoms with van der Waals surface area (Å²) in [6, 6.07) is 10.2. The van der Waals surface area contributed by atoms with E-state index in [-0.39, 0.29) is 16.8 Å². The van der Waals surface area contributed by atoms with Gasteiger partial charge in [-0.1, -0.05) is 29.8 Å². The number of hydrogen-bond donors (Lipinski definition) is 1. The molecular weight excluding hydrogens is 264 g/mol. The molecule has 1 N–H and O–H groups in total. The third kappa shape index (κ3) is 3.03. The lowest BCUT2D eigenvalue weighted by Gasteiger charge is -2.18. The molecule has 1 aromatic carbocycles. The maximum atomic E-state index is 12.2. The number of phenols is 1. The molecule has 1 aromatic heterocycles. The standard InChI is InChI=1S/C14H13ClN2O2/c1-17(9-10-5-2-3-7-12(10)18)14(19)11-6-4-8-16-13(11)15/h2-8,18H,9H2,1H3. The van der Waals surface area contributed by atoms with Crippen LogP contribution in [0.2, 0.25) is 5.15 Å². The SMILES string of the molecule is CN(Cc1ccccc1O)C(=O)c1cccnc1Cl. The average molecular weight is 277 g/mol. The number of rotatable bonds is 3. The van der Waals surface area contributed by atoms with E-state index in [9.17, 15) is 9.90 Å². The number of pyridine rings is 1. The number of nitrogens with zero attached hydrogens (tertiary/aromatic N) is 2. The maximum absolute atomic E-state index is 12.2. The Kier molecular flexibility index (Phi) is 4.02. The van der Waals surface area contributed by atoms with Crippen molar-refractivity contribution in [2.24, 2.45) is 0 Å². The number of amides is 1. The molecule has 0 unspecified atom stereocenters. The van der Waals surface area contributed by atoms with Crippen molar-refractivity contribution in [1.29, 1.82) is 0 Å². The number of aromatic hydroxyl groups is 1. The van der Waals surface area contributed by atoms with Crippen LogP contribution in [0.5, 0.6) is 5.75 Å². The van der Waals surface area contributed by atoms with Gasteiger partial charge in [-0.2, -0.15) is 0 Å². The Labute approximate surface area is 116 Å². The van der Waals surface area contributed by atoms with Crippen LogP contribution in [0.15, 0.2) is 42.6 Å².